The van der Waals surface area contributed by atoms with E-state index >= 15 is 0 Å². The first kappa shape index (κ1) is 21.3. The number of likely N-dealkylation sites (N-methyl/N-ethyl adjacent to an activating group) is 1. The summed E-state index contributed by atoms with van der Waals surface area (Å²) in [6, 6.07) is 7.47. The van der Waals surface area contributed by atoms with Gasteiger partial charge < -0.3 is 21.7 Å². The highest BCUT2D eigenvalue weighted by Gasteiger charge is 2.15. The molecule has 1 unspecified atom stereocenters. The van der Waals surface area contributed by atoms with E-state index in [2.05, 4.69) is 25.9 Å². The molecule has 2 aromatic rings. The number of nitrogens with two attached hydrogens (primary N) is 1. The van der Waals surface area contributed by atoms with Crippen LogP contribution in [0.4, 0.5) is 11.5 Å². The van der Waals surface area contributed by atoms with Gasteiger partial charge in [-0.1, -0.05) is 19.1 Å². The summed E-state index contributed by atoms with van der Waals surface area (Å²) in [5, 5.41) is 8.94. The minimum Gasteiger partial charge on any atom is -0.364 e. The van der Waals surface area contributed by atoms with Gasteiger partial charge in [0.15, 0.2) is 11.5 Å². The van der Waals surface area contributed by atoms with E-state index in [0.717, 1.165) is 22.6 Å². The van der Waals surface area contributed by atoms with Gasteiger partial charge in [0, 0.05) is 12.2 Å². The zero-order valence-corrected chi connectivity index (χ0v) is 16.8. The highest BCUT2D eigenvalue weighted by molar-refractivity contribution is 5.96. The second kappa shape index (κ2) is 9.80. The number of anilines is 2. The lowest BCUT2D eigenvalue weighted by Crippen LogP contribution is -2.41. The third-order valence-corrected chi connectivity index (χ3v) is 4.47. The Hall–Kier alpha value is -3.00. The van der Waals surface area contributed by atoms with Gasteiger partial charge in [-0.15, -0.1) is 0 Å². The van der Waals surface area contributed by atoms with E-state index in [1.54, 1.807) is 7.05 Å². The summed E-state index contributed by atoms with van der Waals surface area (Å²) in [5.41, 5.74) is 8.92. The molecule has 2 amide bonds. The fourth-order valence-corrected chi connectivity index (χ4v) is 2.70. The number of carbonyl (C=O) groups is 2. The number of carbonyl (C=O) groups excluding carboxylic acids is 2. The Kier molecular flexibility index (Phi) is 7.45. The molecule has 28 heavy (non-hydrogen) atoms. The van der Waals surface area contributed by atoms with Crippen molar-refractivity contribution in [3.8, 4) is 0 Å². The molecule has 1 aromatic carbocycles. The second-order valence-corrected chi connectivity index (χ2v) is 6.55. The Morgan fingerprint density at radius 3 is 2.64 bits per heavy atom. The lowest BCUT2D eigenvalue weighted by Gasteiger charge is -2.13. The number of hydrogen-bond donors (Lipinski definition) is 4. The van der Waals surface area contributed by atoms with Crippen molar-refractivity contribution < 1.29 is 9.59 Å². The number of aromatic nitrogens is 2. The standard InChI is InChI=1S/C20H28N6O2/c1-5-16-12(2)24-19(17(26-16)18(21)27)25-15-8-6-7-14(11-15)9-10-23-20(28)13(3)22-4/h6-8,11,13,22H,5,9-10H2,1-4H3,(H2,21,27)(H,23,28)(H,24,25). The van der Waals surface area contributed by atoms with Crippen molar-refractivity contribution in [2.24, 2.45) is 5.73 Å². The molecule has 0 spiro atoms. The molecule has 0 saturated heterocycles. The molecule has 1 heterocycles. The van der Waals surface area contributed by atoms with Crippen molar-refractivity contribution in [2.75, 3.05) is 18.9 Å². The molecular formula is C20H28N6O2. The van der Waals surface area contributed by atoms with Crippen LogP contribution in [0.2, 0.25) is 0 Å². The van der Waals surface area contributed by atoms with Crippen LogP contribution in [0, 0.1) is 6.92 Å². The lowest BCUT2D eigenvalue weighted by molar-refractivity contribution is -0.122. The third-order valence-electron chi connectivity index (χ3n) is 4.47. The summed E-state index contributed by atoms with van der Waals surface area (Å²) < 4.78 is 0. The fraction of sp³-hybridized carbons (Fsp3) is 0.400. The summed E-state index contributed by atoms with van der Waals surface area (Å²) in [6.45, 7) is 6.15. The Morgan fingerprint density at radius 2 is 2.00 bits per heavy atom. The molecule has 1 aromatic heterocycles. The number of primary amides is 1. The van der Waals surface area contributed by atoms with Gasteiger partial charge in [-0.05, 0) is 51.4 Å². The van der Waals surface area contributed by atoms with Gasteiger partial charge in [-0.25, -0.2) is 9.97 Å². The monoisotopic (exact) mass is 384 g/mol. The van der Waals surface area contributed by atoms with Crippen molar-refractivity contribution >= 4 is 23.3 Å². The number of amides is 2. The maximum atomic E-state index is 11.8. The van der Waals surface area contributed by atoms with E-state index in [9.17, 15) is 9.59 Å². The molecule has 8 heteroatoms. The molecule has 0 aliphatic heterocycles. The van der Waals surface area contributed by atoms with Gasteiger partial charge in [0.2, 0.25) is 5.91 Å². The molecule has 8 nitrogen and oxygen atoms in total. The molecule has 2 rings (SSSR count). The first-order valence-corrected chi connectivity index (χ1v) is 9.34. The van der Waals surface area contributed by atoms with Gasteiger partial charge in [0.25, 0.3) is 5.91 Å². The largest absolute Gasteiger partial charge is 0.364 e. The first-order chi connectivity index (χ1) is 13.3. The van der Waals surface area contributed by atoms with Gasteiger partial charge >= 0.3 is 0 Å². The topological polar surface area (TPSA) is 122 Å². The van der Waals surface area contributed by atoms with Crippen LogP contribution in [0.1, 0.15) is 41.3 Å². The zero-order valence-electron chi connectivity index (χ0n) is 16.8. The van der Waals surface area contributed by atoms with Gasteiger partial charge in [-0.2, -0.15) is 0 Å². The van der Waals surface area contributed by atoms with E-state index in [-0.39, 0.29) is 17.6 Å². The SMILES string of the molecule is CCc1nc(C(N)=O)c(Nc2cccc(CCNC(=O)C(C)NC)c2)nc1C. The molecule has 0 aliphatic carbocycles. The summed E-state index contributed by atoms with van der Waals surface area (Å²) in [6.07, 6.45) is 1.35. The lowest BCUT2D eigenvalue weighted by atomic mass is 10.1. The van der Waals surface area contributed by atoms with Crippen LogP contribution in [0.15, 0.2) is 24.3 Å². The van der Waals surface area contributed by atoms with Crippen molar-refractivity contribution in [1.29, 1.82) is 0 Å². The van der Waals surface area contributed by atoms with Crippen molar-refractivity contribution in [1.82, 2.24) is 20.6 Å². The van der Waals surface area contributed by atoms with Crippen LogP contribution in [0.25, 0.3) is 0 Å². The molecule has 0 saturated carbocycles. The van der Waals surface area contributed by atoms with Crippen molar-refractivity contribution in [3.05, 3.63) is 46.9 Å². The Balaban J connectivity index is 2.12. The molecule has 0 bridgehead atoms. The number of hydrogen-bond acceptors (Lipinski definition) is 6. The van der Waals surface area contributed by atoms with Crippen LogP contribution in [-0.4, -0.2) is 41.4 Å². The summed E-state index contributed by atoms with van der Waals surface area (Å²) in [4.78, 5) is 32.4. The van der Waals surface area contributed by atoms with E-state index in [4.69, 9.17) is 5.73 Å². The molecule has 1 atom stereocenters. The van der Waals surface area contributed by atoms with Gasteiger partial charge in [0.1, 0.15) is 0 Å². The maximum Gasteiger partial charge on any atom is 0.271 e. The smallest absolute Gasteiger partial charge is 0.271 e. The van der Waals surface area contributed by atoms with E-state index < -0.39 is 5.91 Å². The predicted octanol–water partition coefficient (Wildman–Crippen LogP) is 1.46. The molecule has 150 valence electrons. The summed E-state index contributed by atoms with van der Waals surface area (Å²) in [5.74, 6) is -0.317. The molecule has 5 N–H and O–H groups in total. The normalized spacial score (nSPS) is 11.7. The number of nitrogens with one attached hydrogen (secondary N) is 3. The molecular weight excluding hydrogens is 356 g/mol. The van der Waals surface area contributed by atoms with Crippen LogP contribution < -0.4 is 21.7 Å². The van der Waals surface area contributed by atoms with Crippen molar-refractivity contribution in [2.45, 2.75) is 39.7 Å². The summed E-state index contributed by atoms with van der Waals surface area (Å²) in [7, 11) is 1.75. The minimum absolute atomic E-state index is 0.0374. The van der Waals surface area contributed by atoms with Gasteiger partial charge in [0.05, 0.1) is 17.4 Å². The summed E-state index contributed by atoms with van der Waals surface area (Å²) >= 11 is 0. The van der Waals surface area contributed by atoms with E-state index in [1.165, 1.54) is 0 Å². The number of benzene rings is 1. The van der Waals surface area contributed by atoms with E-state index in [1.807, 2.05) is 45.0 Å². The maximum absolute atomic E-state index is 11.8. The average Bonchev–Trinajstić information content (AvgIpc) is 2.67. The average molecular weight is 384 g/mol. The zero-order chi connectivity index (χ0) is 20.7. The van der Waals surface area contributed by atoms with Crippen LogP contribution in [0.3, 0.4) is 0 Å². The quantitative estimate of drug-likeness (QED) is 0.519. The molecule has 0 radical (unpaired) electrons. The fourth-order valence-electron chi connectivity index (χ4n) is 2.70. The van der Waals surface area contributed by atoms with Gasteiger partial charge in [-0.3, -0.25) is 9.59 Å². The minimum atomic E-state index is -0.623. The number of nitrogens with zero attached hydrogens (tertiary/aromatic N) is 2. The van der Waals surface area contributed by atoms with Crippen molar-refractivity contribution in [3.63, 3.8) is 0 Å². The second-order valence-electron chi connectivity index (χ2n) is 6.55. The number of rotatable bonds is 9. The predicted molar refractivity (Wildman–Crippen MR) is 110 cm³/mol. The number of aryl methyl sites for hydroxylation is 2. The Labute approximate surface area is 165 Å². The first-order valence-electron chi connectivity index (χ1n) is 9.34. The van der Waals surface area contributed by atoms with Crippen LogP contribution in [0.5, 0.6) is 0 Å². The van der Waals surface area contributed by atoms with Crippen LogP contribution in [-0.2, 0) is 17.6 Å². The Bertz CT molecular complexity index is 853. The van der Waals surface area contributed by atoms with E-state index in [0.29, 0.717) is 25.2 Å². The highest BCUT2D eigenvalue weighted by atomic mass is 16.2. The molecule has 0 fully saturated rings. The van der Waals surface area contributed by atoms with Crippen LogP contribution >= 0.6 is 0 Å². The third kappa shape index (κ3) is 5.50. The Morgan fingerprint density at radius 1 is 1.25 bits per heavy atom. The molecule has 0 aliphatic rings. The highest BCUT2D eigenvalue weighted by Crippen LogP contribution is 2.20.